The third-order valence-corrected chi connectivity index (χ3v) is 10.6. The molecule has 8 N–H and O–H groups in total. The fourth-order valence-corrected chi connectivity index (χ4v) is 6.87. The Morgan fingerprint density at radius 2 is 1.64 bits per heavy atom. The number of carbonyl (C=O) groups excluding carboxylic acids is 3. The van der Waals surface area contributed by atoms with E-state index in [2.05, 4.69) is 59.7 Å². The first kappa shape index (κ1) is 47.1. The first-order valence-electron chi connectivity index (χ1n) is 21.1. The van der Waals surface area contributed by atoms with Gasteiger partial charge in [0, 0.05) is 31.7 Å². The number of likely N-dealkylation sites (tertiary alicyclic amines) is 1. The summed E-state index contributed by atoms with van der Waals surface area (Å²) in [6.45, 7) is 16.4. The first-order chi connectivity index (χ1) is 28.1. The van der Waals surface area contributed by atoms with Gasteiger partial charge in [0.15, 0.2) is 11.5 Å². The van der Waals surface area contributed by atoms with E-state index < -0.39 is 11.5 Å². The fraction of sp³-hybridized carbons (Fsp3) is 0.667. The lowest BCUT2D eigenvalue weighted by atomic mass is 9.88. The molecule has 17 heteroatoms. The SMILES string of the molecule is CCCCOc1nc(N)c2[nH]c(=O)n(Cc3ccc(CN4CCC(CCNC(=O)[C@H](CCCCNC(=O)CON)NC(=O)C(C)(C)CCOC(C)(C)C)CC4)cc3)c2n1. The molecule has 1 atom stereocenters. The molecule has 1 aromatic carbocycles. The van der Waals surface area contributed by atoms with Crippen LogP contribution in [0.2, 0.25) is 0 Å². The lowest BCUT2D eigenvalue weighted by Crippen LogP contribution is -2.51. The van der Waals surface area contributed by atoms with Gasteiger partial charge in [0.2, 0.25) is 17.7 Å². The number of amides is 3. The number of nitrogens with two attached hydrogens (primary N) is 2. The molecule has 0 radical (unpaired) electrons. The average molecular weight is 825 g/mol. The van der Waals surface area contributed by atoms with Gasteiger partial charge in [-0.15, -0.1) is 0 Å². The van der Waals surface area contributed by atoms with Crippen LogP contribution in [0.5, 0.6) is 6.01 Å². The molecule has 17 nitrogen and oxygen atoms in total. The van der Waals surface area contributed by atoms with Gasteiger partial charge in [-0.3, -0.25) is 28.7 Å². The van der Waals surface area contributed by atoms with E-state index in [-0.39, 0.29) is 47.4 Å². The predicted octanol–water partition coefficient (Wildman–Crippen LogP) is 3.54. The molecule has 2 aromatic heterocycles. The van der Waals surface area contributed by atoms with E-state index >= 15 is 0 Å². The number of fused-ring (bicyclic) bond motifs is 1. The number of nitrogens with zero attached hydrogens (tertiary/aromatic N) is 4. The van der Waals surface area contributed by atoms with Crippen molar-refractivity contribution in [2.24, 2.45) is 17.2 Å². The third kappa shape index (κ3) is 15.5. The summed E-state index contributed by atoms with van der Waals surface area (Å²) in [5.74, 6) is 4.92. The minimum atomic E-state index is -0.728. The summed E-state index contributed by atoms with van der Waals surface area (Å²) in [7, 11) is 0. The van der Waals surface area contributed by atoms with E-state index in [0.29, 0.717) is 75.6 Å². The minimum absolute atomic E-state index is 0.162. The summed E-state index contributed by atoms with van der Waals surface area (Å²) in [6.07, 6.45) is 6.97. The van der Waals surface area contributed by atoms with Gasteiger partial charge in [0.25, 0.3) is 0 Å². The Kier molecular flexibility index (Phi) is 18.1. The van der Waals surface area contributed by atoms with Crippen molar-refractivity contribution in [2.45, 2.75) is 124 Å². The fourth-order valence-electron chi connectivity index (χ4n) is 6.87. The van der Waals surface area contributed by atoms with Crippen molar-refractivity contribution in [3.05, 3.63) is 45.9 Å². The highest BCUT2D eigenvalue weighted by molar-refractivity contribution is 5.89. The van der Waals surface area contributed by atoms with E-state index in [9.17, 15) is 19.2 Å². The van der Waals surface area contributed by atoms with Crippen molar-refractivity contribution >= 4 is 34.7 Å². The Morgan fingerprint density at radius 3 is 2.31 bits per heavy atom. The number of benzene rings is 1. The van der Waals surface area contributed by atoms with Crippen molar-refractivity contribution in [1.82, 2.24) is 40.4 Å². The van der Waals surface area contributed by atoms with Crippen LogP contribution >= 0.6 is 0 Å². The molecule has 0 bridgehead atoms. The van der Waals surface area contributed by atoms with Gasteiger partial charge in [-0.1, -0.05) is 51.5 Å². The zero-order valence-corrected chi connectivity index (χ0v) is 36.0. The number of H-pyrrole nitrogens is 1. The third-order valence-electron chi connectivity index (χ3n) is 10.6. The number of nitrogen functional groups attached to an aromatic ring is 1. The molecule has 1 aliphatic rings. The number of anilines is 1. The van der Waals surface area contributed by atoms with Crippen LogP contribution in [0, 0.1) is 11.3 Å². The largest absolute Gasteiger partial charge is 0.463 e. The Labute approximate surface area is 348 Å². The standard InChI is InChI=1S/C42H68N10O7/c1-7-8-24-57-39-49-35(43)34-36(50-39)52(40(56)48-34)27-31-14-12-30(13-15-31)26-51-22-17-29(18-23-51)16-21-46-37(54)32(11-9-10-20-45-33(53)28-59-44)47-38(55)42(5,6)19-25-58-41(2,3)4/h12-15,29,32H,7-11,16-28,44H2,1-6H3,(H,45,53)(H,46,54)(H,47,55)(H,48,56)(H2,43,49,50)/t32-/m0/s1. The van der Waals surface area contributed by atoms with E-state index in [1.807, 2.05) is 46.8 Å². The van der Waals surface area contributed by atoms with Gasteiger partial charge in [0.05, 0.1) is 18.8 Å². The van der Waals surface area contributed by atoms with Crippen molar-refractivity contribution in [2.75, 3.05) is 51.7 Å². The van der Waals surface area contributed by atoms with Crippen molar-refractivity contribution in [1.29, 1.82) is 0 Å². The van der Waals surface area contributed by atoms with Crippen LogP contribution in [0.15, 0.2) is 29.1 Å². The van der Waals surface area contributed by atoms with Crippen LogP contribution in [-0.2, 0) is 37.0 Å². The normalized spacial score (nSPS) is 14.6. The maximum Gasteiger partial charge on any atom is 0.328 e. The van der Waals surface area contributed by atoms with Crippen LogP contribution in [0.25, 0.3) is 11.2 Å². The van der Waals surface area contributed by atoms with Crippen LogP contribution in [0.1, 0.15) is 110 Å². The highest BCUT2D eigenvalue weighted by atomic mass is 16.6. The summed E-state index contributed by atoms with van der Waals surface area (Å²) in [5, 5.41) is 8.83. The summed E-state index contributed by atoms with van der Waals surface area (Å²) < 4.78 is 13.1. The molecule has 1 saturated heterocycles. The van der Waals surface area contributed by atoms with Gasteiger partial charge in [0.1, 0.15) is 18.2 Å². The van der Waals surface area contributed by atoms with Crippen LogP contribution in [0.3, 0.4) is 0 Å². The Morgan fingerprint density at radius 1 is 0.949 bits per heavy atom. The van der Waals surface area contributed by atoms with E-state index in [0.717, 1.165) is 57.3 Å². The van der Waals surface area contributed by atoms with Crippen molar-refractivity contribution < 1.29 is 28.7 Å². The molecule has 3 aromatic rings. The average Bonchev–Trinajstić information content (AvgIpc) is 3.49. The molecule has 3 heterocycles. The molecule has 1 aliphatic heterocycles. The predicted molar refractivity (Wildman–Crippen MR) is 227 cm³/mol. The molecule has 0 aliphatic carbocycles. The number of piperidine rings is 1. The van der Waals surface area contributed by atoms with Gasteiger partial charge in [-0.05, 0) is 102 Å². The number of hydrogen-bond donors (Lipinski definition) is 6. The highest BCUT2D eigenvalue weighted by Gasteiger charge is 2.32. The summed E-state index contributed by atoms with van der Waals surface area (Å²) in [4.78, 5) is 69.6. The molecule has 0 unspecified atom stereocenters. The van der Waals surface area contributed by atoms with Crippen molar-refractivity contribution in [3.8, 4) is 6.01 Å². The van der Waals surface area contributed by atoms with E-state index in [4.69, 9.17) is 21.1 Å². The molecule has 3 amide bonds. The van der Waals surface area contributed by atoms with Crippen LogP contribution in [-0.4, -0.2) is 99.8 Å². The van der Waals surface area contributed by atoms with Crippen LogP contribution < -0.4 is 38.0 Å². The minimum Gasteiger partial charge on any atom is -0.463 e. The quantitative estimate of drug-likeness (QED) is 0.0563. The topological polar surface area (TPSA) is 234 Å². The molecule has 0 saturated carbocycles. The number of aromatic nitrogens is 4. The second-order valence-electron chi connectivity index (χ2n) is 17.2. The van der Waals surface area contributed by atoms with E-state index in [1.54, 1.807) is 4.57 Å². The summed E-state index contributed by atoms with van der Waals surface area (Å²) in [5.41, 5.74) is 7.74. The van der Waals surface area contributed by atoms with Gasteiger partial charge in [-0.2, -0.15) is 9.97 Å². The number of carbonyl (C=O) groups is 3. The van der Waals surface area contributed by atoms with Gasteiger partial charge >= 0.3 is 11.7 Å². The van der Waals surface area contributed by atoms with Gasteiger partial charge in [-0.25, -0.2) is 10.7 Å². The highest BCUT2D eigenvalue weighted by Crippen LogP contribution is 2.24. The summed E-state index contributed by atoms with van der Waals surface area (Å²) in [6, 6.07) is 7.74. The molecule has 328 valence electrons. The molecule has 0 spiro atoms. The Balaban J connectivity index is 1.23. The molecule has 1 fully saturated rings. The smallest absolute Gasteiger partial charge is 0.328 e. The lowest BCUT2D eigenvalue weighted by Gasteiger charge is -2.32. The number of rotatable bonds is 24. The molecule has 4 rings (SSSR count). The van der Waals surface area contributed by atoms with Crippen LogP contribution in [0.4, 0.5) is 5.82 Å². The monoisotopic (exact) mass is 825 g/mol. The van der Waals surface area contributed by atoms with Crippen molar-refractivity contribution in [3.63, 3.8) is 0 Å². The van der Waals surface area contributed by atoms with E-state index in [1.165, 1.54) is 5.56 Å². The zero-order valence-electron chi connectivity index (χ0n) is 36.0. The first-order valence-corrected chi connectivity index (χ1v) is 21.1. The molecule has 59 heavy (non-hydrogen) atoms. The maximum atomic E-state index is 13.5. The number of aromatic amines is 1. The summed E-state index contributed by atoms with van der Waals surface area (Å²) >= 11 is 0. The zero-order chi connectivity index (χ0) is 43.0. The number of imidazole rings is 1. The molecular formula is C42H68N10O7. The second kappa shape index (κ2) is 22.7. The van der Waals surface area contributed by atoms with Gasteiger partial charge < -0.3 is 36.1 Å². The Bertz CT molecular complexity index is 1850. The number of hydrogen-bond acceptors (Lipinski definition) is 12. The second-order valence-corrected chi connectivity index (χ2v) is 17.2. The number of unbranched alkanes of at least 4 members (excludes halogenated alkanes) is 2. The Hall–Kier alpha value is -4.58. The number of ether oxygens (including phenoxy) is 2. The molecular weight excluding hydrogens is 757 g/mol. The maximum absolute atomic E-state index is 13.5. The number of nitrogens with one attached hydrogen (secondary N) is 4. The lowest BCUT2D eigenvalue weighted by molar-refractivity contribution is -0.135.